The van der Waals surface area contributed by atoms with E-state index in [4.69, 9.17) is 4.52 Å². The Morgan fingerprint density at radius 1 is 1.29 bits per heavy atom. The summed E-state index contributed by atoms with van der Waals surface area (Å²) in [5, 5.41) is 7.14. The molecular weight excluding hydrogens is 214 g/mol. The normalized spacial score (nSPS) is 10.7. The van der Waals surface area contributed by atoms with Crippen molar-refractivity contribution >= 4 is 0 Å². The second kappa shape index (κ2) is 5.59. The fraction of sp³-hybridized carbons (Fsp3) is 0.385. The van der Waals surface area contributed by atoms with Gasteiger partial charge in [-0.05, 0) is 24.6 Å². The maximum absolute atomic E-state index is 5.16. The van der Waals surface area contributed by atoms with E-state index in [1.165, 1.54) is 11.1 Å². The van der Waals surface area contributed by atoms with E-state index in [1.807, 2.05) is 19.1 Å². The zero-order valence-corrected chi connectivity index (χ0v) is 10.2. The van der Waals surface area contributed by atoms with E-state index in [-0.39, 0.29) is 0 Å². The molecule has 0 fully saturated rings. The molecule has 1 aromatic heterocycles. The summed E-state index contributed by atoms with van der Waals surface area (Å²) < 4.78 is 5.16. The summed E-state index contributed by atoms with van der Waals surface area (Å²) >= 11 is 0. The average molecular weight is 231 g/mol. The predicted molar refractivity (Wildman–Crippen MR) is 65.7 cm³/mol. The van der Waals surface area contributed by atoms with Gasteiger partial charge < -0.3 is 9.84 Å². The molecule has 0 saturated heterocycles. The zero-order chi connectivity index (χ0) is 12.1. The van der Waals surface area contributed by atoms with Crippen molar-refractivity contribution in [3.05, 3.63) is 47.1 Å². The first-order chi connectivity index (χ1) is 8.29. The van der Waals surface area contributed by atoms with E-state index in [0.29, 0.717) is 12.4 Å². The third-order valence-electron chi connectivity index (χ3n) is 2.65. The lowest BCUT2D eigenvalue weighted by Crippen LogP contribution is -2.11. The molecule has 0 amide bonds. The molecule has 1 heterocycles. The Kier molecular flexibility index (Phi) is 3.88. The number of aryl methyl sites for hydroxylation is 1. The molecule has 0 aliphatic carbocycles. The van der Waals surface area contributed by atoms with Crippen molar-refractivity contribution in [2.45, 2.75) is 26.8 Å². The minimum absolute atomic E-state index is 0.636. The van der Waals surface area contributed by atoms with Crippen molar-refractivity contribution in [2.24, 2.45) is 0 Å². The van der Waals surface area contributed by atoms with Crippen LogP contribution in [0.4, 0.5) is 0 Å². The Morgan fingerprint density at radius 2 is 2.12 bits per heavy atom. The van der Waals surface area contributed by atoms with Gasteiger partial charge in [0.25, 0.3) is 0 Å². The second-order valence-electron chi connectivity index (χ2n) is 3.99. The maximum atomic E-state index is 5.16. The summed E-state index contributed by atoms with van der Waals surface area (Å²) in [5.41, 5.74) is 2.49. The lowest BCUT2D eigenvalue weighted by molar-refractivity contribution is 0.365. The highest BCUT2D eigenvalue weighted by Gasteiger charge is 2.07. The highest BCUT2D eigenvalue weighted by Crippen LogP contribution is 2.11. The smallest absolute Gasteiger partial charge is 0.240 e. The topological polar surface area (TPSA) is 51.0 Å². The van der Waals surface area contributed by atoms with Crippen molar-refractivity contribution < 1.29 is 4.52 Å². The molecule has 0 aliphatic heterocycles. The van der Waals surface area contributed by atoms with E-state index >= 15 is 0 Å². The number of nitrogens with zero attached hydrogens (tertiary/aromatic N) is 2. The molecule has 0 aliphatic rings. The molecule has 0 radical (unpaired) electrons. The van der Waals surface area contributed by atoms with Crippen LogP contribution in [-0.4, -0.2) is 16.7 Å². The first kappa shape index (κ1) is 11.8. The first-order valence-corrected chi connectivity index (χ1v) is 5.86. The van der Waals surface area contributed by atoms with Gasteiger partial charge in [-0.15, -0.1) is 0 Å². The summed E-state index contributed by atoms with van der Waals surface area (Å²) in [6, 6.07) is 8.25. The van der Waals surface area contributed by atoms with E-state index in [1.54, 1.807) is 0 Å². The monoisotopic (exact) mass is 231 g/mol. The summed E-state index contributed by atoms with van der Waals surface area (Å²) in [7, 11) is 0. The summed E-state index contributed by atoms with van der Waals surface area (Å²) in [5.74, 6) is 1.39. The molecule has 0 spiro atoms. The minimum atomic E-state index is 0.636. The molecule has 90 valence electrons. The van der Waals surface area contributed by atoms with Crippen LogP contribution in [0, 0.1) is 6.92 Å². The van der Waals surface area contributed by atoms with Crippen LogP contribution in [0.2, 0.25) is 0 Å². The lowest BCUT2D eigenvalue weighted by Gasteiger charge is -2.00. The molecule has 2 rings (SSSR count). The average Bonchev–Trinajstić information content (AvgIpc) is 2.77. The fourth-order valence-corrected chi connectivity index (χ4v) is 1.64. The van der Waals surface area contributed by atoms with Crippen molar-refractivity contribution in [3.8, 4) is 0 Å². The van der Waals surface area contributed by atoms with Crippen LogP contribution in [0.15, 0.2) is 28.8 Å². The van der Waals surface area contributed by atoms with Crippen molar-refractivity contribution in [1.29, 1.82) is 0 Å². The van der Waals surface area contributed by atoms with Crippen LogP contribution < -0.4 is 5.32 Å². The van der Waals surface area contributed by atoms with Crippen LogP contribution in [0.3, 0.4) is 0 Å². The van der Waals surface area contributed by atoms with Gasteiger partial charge in [0.1, 0.15) is 0 Å². The van der Waals surface area contributed by atoms with Crippen LogP contribution in [0.25, 0.3) is 0 Å². The fourth-order valence-electron chi connectivity index (χ4n) is 1.64. The van der Waals surface area contributed by atoms with Crippen LogP contribution in [0.5, 0.6) is 0 Å². The molecular formula is C13H17N3O. The SMILES string of the molecule is CCNCc1nc(Cc2ccccc2C)no1. The molecule has 0 unspecified atom stereocenters. The number of aromatic nitrogens is 2. The zero-order valence-electron chi connectivity index (χ0n) is 10.2. The third-order valence-corrected chi connectivity index (χ3v) is 2.65. The van der Waals surface area contributed by atoms with Gasteiger partial charge in [-0.2, -0.15) is 4.98 Å². The van der Waals surface area contributed by atoms with Crippen molar-refractivity contribution in [1.82, 2.24) is 15.5 Å². The Hall–Kier alpha value is -1.68. The van der Waals surface area contributed by atoms with Gasteiger partial charge in [-0.1, -0.05) is 36.3 Å². The standard InChI is InChI=1S/C13H17N3O/c1-3-14-9-13-15-12(16-17-13)8-11-7-5-4-6-10(11)2/h4-7,14H,3,8-9H2,1-2H3. The molecule has 4 heteroatoms. The molecule has 0 atom stereocenters. The minimum Gasteiger partial charge on any atom is -0.338 e. The van der Waals surface area contributed by atoms with Gasteiger partial charge in [0, 0.05) is 6.42 Å². The molecule has 1 N–H and O–H groups in total. The van der Waals surface area contributed by atoms with Gasteiger partial charge in [0.15, 0.2) is 5.82 Å². The predicted octanol–water partition coefficient (Wildman–Crippen LogP) is 2.08. The largest absolute Gasteiger partial charge is 0.338 e. The van der Waals surface area contributed by atoms with Crippen molar-refractivity contribution in [3.63, 3.8) is 0 Å². The van der Waals surface area contributed by atoms with Crippen molar-refractivity contribution in [2.75, 3.05) is 6.54 Å². The lowest BCUT2D eigenvalue weighted by atomic mass is 10.1. The Morgan fingerprint density at radius 3 is 2.88 bits per heavy atom. The number of hydrogen-bond acceptors (Lipinski definition) is 4. The Labute approximate surface area is 101 Å². The third kappa shape index (κ3) is 3.14. The van der Waals surface area contributed by atoms with Gasteiger partial charge in [-0.25, -0.2) is 0 Å². The molecule has 4 nitrogen and oxygen atoms in total. The molecule has 2 aromatic rings. The first-order valence-electron chi connectivity index (χ1n) is 5.86. The summed E-state index contributed by atoms with van der Waals surface area (Å²) in [6.07, 6.45) is 0.725. The van der Waals surface area contributed by atoms with Crippen LogP contribution >= 0.6 is 0 Å². The summed E-state index contributed by atoms with van der Waals surface area (Å²) in [6.45, 7) is 5.67. The van der Waals surface area contributed by atoms with E-state index in [9.17, 15) is 0 Å². The molecule has 17 heavy (non-hydrogen) atoms. The highest BCUT2D eigenvalue weighted by atomic mass is 16.5. The van der Waals surface area contributed by atoms with Crippen LogP contribution in [-0.2, 0) is 13.0 Å². The van der Waals surface area contributed by atoms with Gasteiger partial charge >= 0.3 is 0 Å². The number of hydrogen-bond donors (Lipinski definition) is 1. The maximum Gasteiger partial charge on any atom is 0.240 e. The second-order valence-corrected chi connectivity index (χ2v) is 3.99. The van der Waals surface area contributed by atoms with E-state index in [0.717, 1.165) is 18.8 Å². The van der Waals surface area contributed by atoms with Crippen LogP contribution in [0.1, 0.15) is 29.8 Å². The number of nitrogens with one attached hydrogen (secondary N) is 1. The summed E-state index contributed by atoms with van der Waals surface area (Å²) in [4.78, 5) is 4.34. The molecule has 1 aromatic carbocycles. The van der Waals surface area contributed by atoms with E-state index < -0.39 is 0 Å². The Balaban J connectivity index is 2.04. The number of benzene rings is 1. The quantitative estimate of drug-likeness (QED) is 0.856. The molecule has 0 bridgehead atoms. The van der Waals surface area contributed by atoms with Gasteiger partial charge in [0.2, 0.25) is 5.89 Å². The van der Waals surface area contributed by atoms with Gasteiger partial charge in [0.05, 0.1) is 6.54 Å². The Bertz CT molecular complexity index is 479. The highest BCUT2D eigenvalue weighted by molar-refractivity contribution is 5.27. The van der Waals surface area contributed by atoms with Gasteiger partial charge in [-0.3, -0.25) is 0 Å². The van der Waals surface area contributed by atoms with E-state index in [2.05, 4.69) is 34.5 Å². The molecule has 0 saturated carbocycles. The number of rotatable bonds is 5.